The van der Waals surface area contributed by atoms with Gasteiger partial charge in [-0.2, -0.15) is 5.10 Å². The molecule has 29 heavy (non-hydrogen) atoms. The van der Waals surface area contributed by atoms with Gasteiger partial charge in [0.1, 0.15) is 18.1 Å². The lowest BCUT2D eigenvalue weighted by Gasteiger charge is -2.12. The Bertz CT molecular complexity index is 771. The number of aryl methyl sites for hydroxylation is 1. The quantitative estimate of drug-likeness (QED) is 0.340. The van der Waals surface area contributed by atoms with Crippen molar-refractivity contribution in [3.63, 3.8) is 0 Å². The van der Waals surface area contributed by atoms with Crippen LogP contribution < -0.4 is 20.1 Å². The highest BCUT2D eigenvalue weighted by molar-refractivity contribution is 5.79. The third-order valence-electron chi connectivity index (χ3n) is 4.50. The van der Waals surface area contributed by atoms with Crippen molar-refractivity contribution in [2.24, 2.45) is 4.99 Å². The van der Waals surface area contributed by atoms with E-state index in [1.54, 1.807) is 14.2 Å². The Morgan fingerprint density at radius 3 is 2.45 bits per heavy atom. The average molecular weight is 404 g/mol. The van der Waals surface area contributed by atoms with Gasteiger partial charge in [0.15, 0.2) is 5.96 Å². The number of hydrogen-bond acceptors (Lipinski definition) is 5. The molecule has 0 aliphatic rings. The van der Waals surface area contributed by atoms with Crippen molar-refractivity contribution < 1.29 is 14.2 Å². The summed E-state index contributed by atoms with van der Waals surface area (Å²) in [4.78, 5) is 4.70. The summed E-state index contributed by atoms with van der Waals surface area (Å²) < 4.78 is 18.0. The van der Waals surface area contributed by atoms with Crippen molar-refractivity contribution in [2.75, 3.05) is 40.5 Å². The molecule has 0 unspecified atom stereocenters. The fourth-order valence-electron chi connectivity index (χ4n) is 2.87. The molecule has 0 aliphatic heterocycles. The van der Waals surface area contributed by atoms with Crippen molar-refractivity contribution in [3.05, 3.63) is 41.2 Å². The largest absolute Gasteiger partial charge is 0.497 e. The normalized spacial score (nSPS) is 11.4. The van der Waals surface area contributed by atoms with Crippen LogP contribution in [0, 0.1) is 13.8 Å². The Morgan fingerprint density at radius 2 is 1.79 bits per heavy atom. The Kier molecular flexibility index (Phi) is 9.30. The molecule has 8 heteroatoms. The van der Waals surface area contributed by atoms with Gasteiger partial charge in [-0.1, -0.05) is 0 Å². The summed E-state index contributed by atoms with van der Waals surface area (Å²) in [6.07, 6.45) is 0. The Hall–Kier alpha value is -2.74. The molecule has 0 saturated heterocycles. The standard InChI is InChI=1S/C21H33N5O3/c1-6-22-21(23-11-13-29-19-9-7-18(28-5)8-10-19)24-15-20-16(2)25-26(17(20)3)12-14-27-4/h7-10H,6,11-15H2,1-5H3,(H2,22,23,24). The highest BCUT2D eigenvalue weighted by atomic mass is 16.5. The van der Waals surface area contributed by atoms with Crippen molar-refractivity contribution in [2.45, 2.75) is 33.9 Å². The van der Waals surface area contributed by atoms with Crippen LogP contribution in [-0.2, 0) is 17.8 Å². The summed E-state index contributed by atoms with van der Waals surface area (Å²) in [5.74, 6) is 2.38. The first-order valence-corrected chi connectivity index (χ1v) is 9.89. The summed E-state index contributed by atoms with van der Waals surface area (Å²) in [6, 6.07) is 7.55. The Labute approximate surface area is 173 Å². The highest BCUT2D eigenvalue weighted by Crippen LogP contribution is 2.17. The highest BCUT2D eigenvalue weighted by Gasteiger charge is 2.11. The summed E-state index contributed by atoms with van der Waals surface area (Å²) in [5.41, 5.74) is 3.27. The number of rotatable bonds is 11. The maximum absolute atomic E-state index is 5.75. The number of aliphatic imine (C=N–C) groups is 1. The van der Waals surface area contributed by atoms with Crippen molar-refractivity contribution in [3.8, 4) is 11.5 Å². The van der Waals surface area contributed by atoms with Crippen LogP contribution in [0.4, 0.5) is 0 Å². The third kappa shape index (κ3) is 6.98. The molecule has 0 radical (unpaired) electrons. The number of ether oxygens (including phenoxy) is 3. The van der Waals surface area contributed by atoms with Gasteiger partial charge < -0.3 is 24.8 Å². The topological polar surface area (TPSA) is 81.9 Å². The Morgan fingerprint density at radius 1 is 1.07 bits per heavy atom. The summed E-state index contributed by atoms with van der Waals surface area (Å²) >= 11 is 0. The smallest absolute Gasteiger partial charge is 0.191 e. The number of benzene rings is 1. The summed E-state index contributed by atoms with van der Waals surface area (Å²) in [6.45, 7) is 10.1. The van der Waals surface area contributed by atoms with Crippen LogP contribution in [0.3, 0.4) is 0 Å². The van der Waals surface area contributed by atoms with Crippen molar-refractivity contribution >= 4 is 5.96 Å². The van der Waals surface area contributed by atoms with E-state index in [1.165, 1.54) is 0 Å². The molecule has 1 heterocycles. The van der Waals surface area contributed by atoms with E-state index in [-0.39, 0.29) is 0 Å². The molecule has 0 amide bonds. The SMILES string of the molecule is CCNC(=NCc1c(C)nn(CCOC)c1C)NCCOc1ccc(OC)cc1. The van der Waals surface area contributed by atoms with E-state index >= 15 is 0 Å². The molecule has 0 bridgehead atoms. The fraction of sp³-hybridized carbons (Fsp3) is 0.524. The van der Waals surface area contributed by atoms with E-state index in [2.05, 4.69) is 22.7 Å². The van der Waals surface area contributed by atoms with Gasteiger partial charge in [0, 0.05) is 24.9 Å². The predicted molar refractivity (Wildman–Crippen MR) is 115 cm³/mol. The number of nitrogens with one attached hydrogen (secondary N) is 2. The molecular formula is C21H33N5O3. The molecule has 1 aromatic heterocycles. The molecule has 2 aromatic rings. The van der Waals surface area contributed by atoms with Crippen LogP contribution in [-0.4, -0.2) is 56.3 Å². The van der Waals surface area contributed by atoms with Gasteiger partial charge in [-0.05, 0) is 45.0 Å². The van der Waals surface area contributed by atoms with Gasteiger partial charge in [0.25, 0.3) is 0 Å². The molecule has 2 rings (SSSR count). The minimum absolute atomic E-state index is 0.531. The third-order valence-corrected chi connectivity index (χ3v) is 4.50. The number of hydrogen-bond donors (Lipinski definition) is 2. The van der Waals surface area contributed by atoms with E-state index in [9.17, 15) is 0 Å². The monoisotopic (exact) mass is 403 g/mol. The molecule has 0 fully saturated rings. The number of nitrogens with zero attached hydrogens (tertiary/aromatic N) is 3. The van der Waals surface area contributed by atoms with Crippen LogP contribution in [0.5, 0.6) is 11.5 Å². The maximum Gasteiger partial charge on any atom is 0.191 e. The van der Waals surface area contributed by atoms with Crippen LogP contribution in [0.2, 0.25) is 0 Å². The Balaban J connectivity index is 1.88. The van der Waals surface area contributed by atoms with Gasteiger partial charge in [-0.3, -0.25) is 4.68 Å². The number of aromatic nitrogens is 2. The maximum atomic E-state index is 5.75. The first-order chi connectivity index (χ1) is 14.1. The van der Waals surface area contributed by atoms with Gasteiger partial charge in [0.2, 0.25) is 0 Å². The molecule has 8 nitrogen and oxygen atoms in total. The second kappa shape index (κ2) is 12.0. The zero-order valence-electron chi connectivity index (χ0n) is 18.1. The lowest BCUT2D eigenvalue weighted by molar-refractivity contribution is 0.182. The van der Waals surface area contributed by atoms with Gasteiger partial charge in [0.05, 0.1) is 39.0 Å². The van der Waals surface area contributed by atoms with E-state index < -0.39 is 0 Å². The second-order valence-corrected chi connectivity index (χ2v) is 6.51. The van der Waals surface area contributed by atoms with Crippen LogP contribution in [0.25, 0.3) is 0 Å². The lowest BCUT2D eigenvalue weighted by atomic mass is 10.2. The van der Waals surface area contributed by atoms with Crippen molar-refractivity contribution in [1.82, 2.24) is 20.4 Å². The van der Waals surface area contributed by atoms with Gasteiger partial charge in [-0.25, -0.2) is 4.99 Å². The summed E-state index contributed by atoms with van der Waals surface area (Å²) in [7, 11) is 3.35. The second-order valence-electron chi connectivity index (χ2n) is 6.51. The molecule has 0 atom stereocenters. The first kappa shape index (κ1) is 22.5. The van der Waals surface area contributed by atoms with Crippen LogP contribution >= 0.6 is 0 Å². The molecule has 2 N–H and O–H groups in total. The van der Waals surface area contributed by atoms with Gasteiger partial charge in [-0.15, -0.1) is 0 Å². The van der Waals surface area contributed by atoms with E-state index in [0.29, 0.717) is 26.3 Å². The molecule has 0 spiro atoms. The van der Waals surface area contributed by atoms with Crippen LogP contribution in [0.15, 0.2) is 29.3 Å². The average Bonchev–Trinajstić information content (AvgIpc) is 3.00. The molecule has 160 valence electrons. The predicted octanol–water partition coefficient (Wildman–Crippen LogP) is 2.29. The van der Waals surface area contributed by atoms with Crippen molar-refractivity contribution in [1.29, 1.82) is 0 Å². The minimum atomic E-state index is 0.531. The van der Waals surface area contributed by atoms with E-state index in [0.717, 1.165) is 47.5 Å². The molecular weight excluding hydrogens is 370 g/mol. The molecule has 0 saturated carbocycles. The lowest BCUT2D eigenvalue weighted by Crippen LogP contribution is -2.39. The van der Waals surface area contributed by atoms with E-state index in [4.69, 9.17) is 19.2 Å². The molecule has 0 aliphatic carbocycles. The molecule has 1 aromatic carbocycles. The fourth-order valence-corrected chi connectivity index (χ4v) is 2.87. The zero-order chi connectivity index (χ0) is 21.1. The number of guanidine groups is 1. The summed E-state index contributed by atoms with van der Waals surface area (Å²) in [5, 5.41) is 11.2. The number of methoxy groups -OCH3 is 2. The van der Waals surface area contributed by atoms with Crippen LogP contribution in [0.1, 0.15) is 23.9 Å². The van der Waals surface area contributed by atoms with Gasteiger partial charge >= 0.3 is 0 Å². The zero-order valence-corrected chi connectivity index (χ0v) is 18.1. The first-order valence-electron chi connectivity index (χ1n) is 9.89. The minimum Gasteiger partial charge on any atom is -0.497 e. The van der Waals surface area contributed by atoms with E-state index in [1.807, 2.05) is 42.8 Å².